The van der Waals surface area contributed by atoms with E-state index in [4.69, 9.17) is 9.84 Å². The molecular formula is C14H18O3. The van der Waals surface area contributed by atoms with Gasteiger partial charge in [-0.15, -0.1) is 0 Å². The fourth-order valence-electron chi connectivity index (χ4n) is 1.42. The van der Waals surface area contributed by atoms with E-state index in [1.165, 1.54) is 0 Å². The van der Waals surface area contributed by atoms with Crippen LogP contribution in [0.2, 0.25) is 0 Å². The van der Waals surface area contributed by atoms with Crippen LogP contribution in [0.5, 0.6) is 5.75 Å². The first-order valence-corrected chi connectivity index (χ1v) is 5.46. The van der Waals surface area contributed by atoms with E-state index in [1.807, 2.05) is 32.9 Å². The molecule has 0 amide bonds. The molecule has 1 aromatic rings. The molecule has 0 radical (unpaired) electrons. The number of benzene rings is 1. The number of hydrogen-bond acceptors (Lipinski definition) is 2. The summed E-state index contributed by atoms with van der Waals surface area (Å²) in [6.45, 7) is 9.17. The second-order valence-electron chi connectivity index (χ2n) is 4.98. The van der Waals surface area contributed by atoms with Crippen molar-refractivity contribution in [1.29, 1.82) is 0 Å². The predicted octanol–water partition coefficient (Wildman–Crippen LogP) is 3.21. The lowest BCUT2D eigenvalue weighted by molar-refractivity contribution is -0.150. The van der Waals surface area contributed by atoms with E-state index in [0.717, 1.165) is 5.56 Å². The highest BCUT2D eigenvalue weighted by molar-refractivity contribution is 5.73. The second kappa shape index (κ2) is 5.04. The van der Waals surface area contributed by atoms with Crippen molar-refractivity contribution in [3.05, 3.63) is 36.4 Å². The Bertz CT molecular complexity index is 398. The standard InChI is InChI=1S/C14H18O3/c1-5-10-6-8-11(9-7-10)17-12(13(15)16)14(2,3)4/h5-9,12H,1H2,2-4H3,(H,15,16). The smallest absolute Gasteiger partial charge is 0.345 e. The third kappa shape index (κ3) is 3.63. The van der Waals surface area contributed by atoms with Crippen LogP contribution in [-0.4, -0.2) is 17.2 Å². The summed E-state index contributed by atoms with van der Waals surface area (Å²) in [6, 6.07) is 7.17. The normalized spacial score (nSPS) is 12.9. The summed E-state index contributed by atoms with van der Waals surface area (Å²) < 4.78 is 5.51. The summed E-state index contributed by atoms with van der Waals surface area (Å²) in [7, 11) is 0. The van der Waals surface area contributed by atoms with Gasteiger partial charge in [0.25, 0.3) is 0 Å². The highest BCUT2D eigenvalue weighted by Crippen LogP contribution is 2.25. The molecule has 17 heavy (non-hydrogen) atoms. The molecule has 3 heteroatoms. The van der Waals surface area contributed by atoms with E-state index in [1.54, 1.807) is 18.2 Å². The number of carbonyl (C=O) groups is 1. The van der Waals surface area contributed by atoms with Crippen molar-refractivity contribution < 1.29 is 14.6 Å². The Morgan fingerprint density at radius 2 is 1.88 bits per heavy atom. The maximum Gasteiger partial charge on any atom is 0.345 e. The van der Waals surface area contributed by atoms with Gasteiger partial charge in [-0.25, -0.2) is 4.79 Å². The number of carboxylic acid groups (broad SMARTS) is 1. The molecule has 1 unspecified atom stereocenters. The number of hydrogen-bond donors (Lipinski definition) is 1. The van der Waals surface area contributed by atoms with Crippen molar-refractivity contribution in [3.8, 4) is 5.75 Å². The molecule has 0 aliphatic rings. The molecule has 0 saturated carbocycles. The molecule has 1 aromatic carbocycles. The lowest BCUT2D eigenvalue weighted by Gasteiger charge is -2.27. The van der Waals surface area contributed by atoms with Gasteiger partial charge in [0.05, 0.1) is 0 Å². The zero-order chi connectivity index (χ0) is 13.1. The molecule has 0 heterocycles. The van der Waals surface area contributed by atoms with Gasteiger partial charge in [0.15, 0.2) is 6.10 Å². The Hall–Kier alpha value is -1.77. The van der Waals surface area contributed by atoms with Gasteiger partial charge in [0.1, 0.15) is 5.75 Å². The van der Waals surface area contributed by atoms with E-state index in [2.05, 4.69) is 6.58 Å². The zero-order valence-electron chi connectivity index (χ0n) is 10.4. The molecule has 0 aromatic heterocycles. The van der Waals surface area contributed by atoms with Gasteiger partial charge in [0.2, 0.25) is 0 Å². The van der Waals surface area contributed by atoms with E-state index < -0.39 is 17.5 Å². The Morgan fingerprint density at radius 3 is 2.24 bits per heavy atom. The molecule has 1 N–H and O–H groups in total. The summed E-state index contributed by atoms with van der Waals surface area (Å²) in [5, 5.41) is 9.13. The molecule has 1 rings (SSSR count). The number of carboxylic acids is 1. The highest BCUT2D eigenvalue weighted by Gasteiger charge is 2.33. The third-order valence-corrected chi connectivity index (χ3v) is 2.38. The SMILES string of the molecule is C=Cc1ccc(OC(C(=O)O)C(C)(C)C)cc1. The first-order chi connectivity index (χ1) is 7.84. The minimum absolute atomic E-state index is 0.455. The summed E-state index contributed by atoms with van der Waals surface area (Å²) in [6.07, 6.45) is 0.861. The summed E-state index contributed by atoms with van der Waals surface area (Å²) in [5.41, 5.74) is 0.517. The van der Waals surface area contributed by atoms with Crippen LogP contribution in [0.1, 0.15) is 26.3 Å². The average molecular weight is 234 g/mol. The lowest BCUT2D eigenvalue weighted by Crippen LogP contribution is -2.39. The Kier molecular flexibility index (Phi) is 3.94. The third-order valence-electron chi connectivity index (χ3n) is 2.38. The maximum atomic E-state index is 11.1. The van der Waals surface area contributed by atoms with Crippen LogP contribution in [0.3, 0.4) is 0 Å². The van der Waals surface area contributed by atoms with Gasteiger partial charge >= 0.3 is 5.97 Å². The molecule has 0 aliphatic heterocycles. The second-order valence-corrected chi connectivity index (χ2v) is 4.98. The zero-order valence-corrected chi connectivity index (χ0v) is 10.4. The van der Waals surface area contributed by atoms with Crippen molar-refractivity contribution in [1.82, 2.24) is 0 Å². The monoisotopic (exact) mass is 234 g/mol. The maximum absolute atomic E-state index is 11.1. The van der Waals surface area contributed by atoms with E-state index in [9.17, 15) is 4.79 Å². The van der Waals surface area contributed by atoms with Crippen molar-refractivity contribution >= 4 is 12.0 Å². The van der Waals surface area contributed by atoms with E-state index in [-0.39, 0.29) is 0 Å². The number of ether oxygens (including phenoxy) is 1. The number of rotatable bonds is 4. The molecule has 0 aliphatic carbocycles. The van der Waals surface area contributed by atoms with Gasteiger partial charge in [-0.05, 0) is 17.7 Å². The van der Waals surface area contributed by atoms with Crippen molar-refractivity contribution in [2.75, 3.05) is 0 Å². The highest BCUT2D eigenvalue weighted by atomic mass is 16.5. The molecular weight excluding hydrogens is 216 g/mol. The minimum Gasteiger partial charge on any atom is -0.478 e. The summed E-state index contributed by atoms with van der Waals surface area (Å²) in [5.74, 6) is -0.400. The van der Waals surface area contributed by atoms with Crippen molar-refractivity contribution in [3.63, 3.8) is 0 Å². The van der Waals surface area contributed by atoms with Gasteiger partial charge in [-0.1, -0.05) is 45.6 Å². The quantitative estimate of drug-likeness (QED) is 0.870. The first-order valence-electron chi connectivity index (χ1n) is 5.46. The molecule has 0 bridgehead atoms. The molecule has 0 fully saturated rings. The predicted molar refractivity (Wildman–Crippen MR) is 68.0 cm³/mol. The Labute approximate surface area is 102 Å². The lowest BCUT2D eigenvalue weighted by atomic mass is 9.89. The van der Waals surface area contributed by atoms with Crippen LogP contribution in [0, 0.1) is 5.41 Å². The minimum atomic E-state index is -0.953. The Morgan fingerprint density at radius 1 is 1.35 bits per heavy atom. The van der Waals surface area contributed by atoms with Crippen LogP contribution in [0.15, 0.2) is 30.8 Å². The molecule has 0 spiro atoms. The summed E-state index contributed by atoms with van der Waals surface area (Å²) in [4.78, 5) is 11.1. The van der Waals surface area contributed by atoms with Crippen LogP contribution >= 0.6 is 0 Å². The average Bonchev–Trinajstić information content (AvgIpc) is 2.24. The Balaban J connectivity index is 2.86. The topological polar surface area (TPSA) is 46.5 Å². The van der Waals surface area contributed by atoms with Gasteiger partial charge < -0.3 is 9.84 Å². The van der Waals surface area contributed by atoms with Crippen molar-refractivity contribution in [2.45, 2.75) is 26.9 Å². The van der Waals surface area contributed by atoms with Gasteiger partial charge in [0, 0.05) is 5.41 Å². The van der Waals surface area contributed by atoms with Gasteiger partial charge in [-0.2, -0.15) is 0 Å². The molecule has 3 nitrogen and oxygen atoms in total. The summed E-state index contributed by atoms with van der Waals surface area (Å²) >= 11 is 0. The fraction of sp³-hybridized carbons (Fsp3) is 0.357. The van der Waals surface area contributed by atoms with Gasteiger partial charge in [-0.3, -0.25) is 0 Å². The number of aliphatic carboxylic acids is 1. The van der Waals surface area contributed by atoms with E-state index >= 15 is 0 Å². The van der Waals surface area contributed by atoms with Crippen LogP contribution in [-0.2, 0) is 4.79 Å². The fourth-order valence-corrected chi connectivity index (χ4v) is 1.42. The first kappa shape index (κ1) is 13.3. The molecule has 92 valence electrons. The van der Waals surface area contributed by atoms with Crippen LogP contribution in [0.4, 0.5) is 0 Å². The van der Waals surface area contributed by atoms with Crippen molar-refractivity contribution in [2.24, 2.45) is 5.41 Å². The largest absolute Gasteiger partial charge is 0.478 e. The van der Waals surface area contributed by atoms with Crippen LogP contribution in [0.25, 0.3) is 6.08 Å². The van der Waals surface area contributed by atoms with E-state index in [0.29, 0.717) is 5.75 Å². The molecule has 0 saturated heterocycles. The molecule has 1 atom stereocenters. The van der Waals surface area contributed by atoms with Crippen LogP contribution < -0.4 is 4.74 Å².